The van der Waals surface area contributed by atoms with Crippen molar-refractivity contribution in [2.24, 2.45) is 5.18 Å². The van der Waals surface area contributed by atoms with E-state index in [9.17, 15) is 34.3 Å². The van der Waals surface area contributed by atoms with Crippen LogP contribution < -0.4 is 10.9 Å². The summed E-state index contributed by atoms with van der Waals surface area (Å²) in [5.41, 5.74) is 4.01. The molecule has 12 nitrogen and oxygen atoms in total. The van der Waals surface area contributed by atoms with Crippen molar-refractivity contribution in [3.63, 3.8) is 0 Å². The van der Waals surface area contributed by atoms with Crippen LogP contribution >= 0.6 is 0 Å². The highest BCUT2D eigenvalue weighted by molar-refractivity contribution is 5.90. The minimum absolute atomic E-state index is 0.0329. The molecule has 0 bridgehead atoms. The van der Waals surface area contributed by atoms with Gasteiger partial charge in [0.2, 0.25) is 17.4 Å². The maximum absolute atomic E-state index is 13.7. The number of hydrogen-bond acceptors (Lipinski definition) is 8. The van der Waals surface area contributed by atoms with Gasteiger partial charge in [-0.15, -0.1) is 4.91 Å². The highest BCUT2D eigenvalue weighted by Gasteiger charge is 2.44. The number of pyridine rings is 1. The summed E-state index contributed by atoms with van der Waals surface area (Å²) in [5.74, 6) is -0.872. The summed E-state index contributed by atoms with van der Waals surface area (Å²) in [5, 5.41) is 27.7. The average molecular weight is 758 g/mol. The number of fused-ring (bicyclic) bond motifs is 1. The molecular weight excluding hydrogens is 711 g/mol. The Balaban J connectivity index is 1.02. The number of aryl methyl sites for hydroxylation is 1. The molecule has 5 aromatic rings. The predicted octanol–water partition coefficient (Wildman–Crippen LogP) is 5.22. The fourth-order valence-electron chi connectivity index (χ4n) is 7.57. The summed E-state index contributed by atoms with van der Waals surface area (Å²) in [6.07, 6.45) is 0.768. The summed E-state index contributed by atoms with van der Waals surface area (Å²) in [6.45, 7) is 4.41. The van der Waals surface area contributed by atoms with Crippen LogP contribution in [0.5, 0.6) is 5.75 Å². The largest absolute Gasteiger partial charge is 0.506 e. The van der Waals surface area contributed by atoms with Gasteiger partial charge in [-0.2, -0.15) is 0 Å². The number of phenolic OH excluding ortho intramolecular Hbond substituents is 1. The molecule has 1 aliphatic rings. The molecule has 1 atom stereocenters. The fourth-order valence-corrected chi connectivity index (χ4v) is 7.57. The van der Waals surface area contributed by atoms with Crippen molar-refractivity contribution in [2.75, 3.05) is 32.7 Å². The van der Waals surface area contributed by atoms with Crippen molar-refractivity contribution in [1.82, 2.24) is 20.1 Å². The summed E-state index contributed by atoms with van der Waals surface area (Å²) < 4.78 is 0. The van der Waals surface area contributed by atoms with Crippen LogP contribution in [0, 0.1) is 11.8 Å². The van der Waals surface area contributed by atoms with Crippen molar-refractivity contribution in [3.05, 3.63) is 152 Å². The van der Waals surface area contributed by atoms with E-state index < -0.39 is 17.4 Å². The van der Waals surface area contributed by atoms with E-state index in [4.69, 9.17) is 0 Å². The van der Waals surface area contributed by atoms with Gasteiger partial charge in [-0.25, -0.2) is 0 Å². The molecule has 1 saturated heterocycles. The highest BCUT2D eigenvalue weighted by Crippen LogP contribution is 2.37. The average Bonchev–Trinajstić information content (AvgIpc) is 3.21. The first-order valence-corrected chi connectivity index (χ1v) is 18.9. The SMILES string of the molecule is Cc1cccc(CN(CCCNC[C@H](O)c2ccc(O)c3[nH]c(=O)ccc23)C(=O)Cc2ccc(CC(=O)N3CCC(C(=O)N=O)(c4ccccc4)CC3)cc2)c1. The Morgan fingerprint density at radius 1 is 0.893 bits per heavy atom. The molecule has 1 aliphatic heterocycles. The van der Waals surface area contributed by atoms with Crippen LogP contribution in [-0.4, -0.2) is 75.4 Å². The molecule has 4 aromatic carbocycles. The van der Waals surface area contributed by atoms with Crippen LogP contribution in [0.4, 0.5) is 0 Å². The Kier molecular flexibility index (Phi) is 12.8. The summed E-state index contributed by atoms with van der Waals surface area (Å²) in [7, 11) is 0. The molecule has 1 aromatic heterocycles. The first-order chi connectivity index (χ1) is 27.1. The number of hydrogen-bond donors (Lipinski definition) is 4. The van der Waals surface area contributed by atoms with Gasteiger partial charge >= 0.3 is 0 Å². The minimum Gasteiger partial charge on any atom is -0.506 e. The van der Waals surface area contributed by atoms with E-state index in [2.05, 4.69) is 21.5 Å². The monoisotopic (exact) mass is 757 g/mol. The van der Waals surface area contributed by atoms with Crippen LogP contribution in [-0.2, 0) is 39.2 Å². The quantitative estimate of drug-likeness (QED) is 0.0832. The molecule has 0 unspecified atom stereocenters. The lowest BCUT2D eigenvalue weighted by Crippen LogP contribution is -2.49. The molecular formula is C44H47N5O7. The first kappa shape index (κ1) is 39.7. The maximum atomic E-state index is 13.7. The van der Waals surface area contributed by atoms with Crippen molar-refractivity contribution in [2.45, 2.75) is 57.1 Å². The number of rotatable bonds is 15. The van der Waals surface area contributed by atoms with E-state index in [1.54, 1.807) is 17.0 Å². The number of H-pyrrole nitrogens is 1. The van der Waals surface area contributed by atoms with Crippen LogP contribution in [0.15, 0.2) is 113 Å². The molecule has 0 aliphatic carbocycles. The van der Waals surface area contributed by atoms with E-state index in [1.807, 2.05) is 84.6 Å². The van der Waals surface area contributed by atoms with Gasteiger partial charge in [0.05, 0.1) is 29.9 Å². The number of amides is 3. The van der Waals surface area contributed by atoms with Crippen molar-refractivity contribution in [1.29, 1.82) is 0 Å². The predicted molar refractivity (Wildman–Crippen MR) is 214 cm³/mol. The number of phenols is 1. The van der Waals surface area contributed by atoms with Crippen LogP contribution in [0.3, 0.4) is 0 Å². The molecule has 3 amide bonds. The molecule has 56 heavy (non-hydrogen) atoms. The molecule has 12 heteroatoms. The third-order valence-electron chi connectivity index (χ3n) is 10.7. The third kappa shape index (κ3) is 9.45. The smallest absolute Gasteiger partial charge is 0.296 e. The summed E-state index contributed by atoms with van der Waals surface area (Å²) >= 11 is 0. The standard InChI is InChI=1S/C44H47N5O7/c1-30-7-5-8-33(25-30)29-49(22-6-21-45-28-38(51)35-15-17-37(50)42-36(35)16-18-39(52)46-42)41(54)27-32-13-11-31(12-14-32)26-40(53)48-23-19-44(20-24-48,43(55)47-56)34-9-3-2-4-10-34/h2-5,7-18,25,38,45,50-51H,6,19-24,26-29H2,1H3,(H,46,52)/t38-/m0/s1. The zero-order valence-corrected chi connectivity index (χ0v) is 31.4. The number of aromatic nitrogens is 1. The van der Waals surface area contributed by atoms with Crippen molar-refractivity contribution in [3.8, 4) is 5.75 Å². The Hall–Kier alpha value is -5.98. The zero-order chi connectivity index (χ0) is 39.7. The summed E-state index contributed by atoms with van der Waals surface area (Å²) in [4.78, 5) is 69.0. The lowest BCUT2D eigenvalue weighted by molar-refractivity contribution is -0.135. The van der Waals surface area contributed by atoms with Gasteiger partial charge in [-0.1, -0.05) is 90.5 Å². The number of nitrogens with zero attached hydrogens (tertiary/aromatic N) is 3. The number of aromatic amines is 1. The zero-order valence-electron chi connectivity index (χ0n) is 31.4. The van der Waals surface area contributed by atoms with Gasteiger partial charge in [-0.3, -0.25) is 19.2 Å². The van der Waals surface area contributed by atoms with E-state index >= 15 is 0 Å². The van der Waals surface area contributed by atoms with Gasteiger partial charge in [0.25, 0.3) is 5.91 Å². The van der Waals surface area contributed by atoms with Crippen molar-refractivity contribution < 1.29 is 24.6 Å². The molecule has 1 fully saturated rings. The topological polar surface area (TPSA) is 172 Å². The van der Waals surface area contributed by atoms with Gasteiger partial charge in [-0.05, 0) is 72.7 Å². The van der Waals surface area contributed by atoms with Crippen LogP contribution in [0.1, 0.15) is 58.7 Å². The molecule has 0 saturated carbocycles. The highest BCUT2D eigenvalue weighted by atomic mass is 16.3. The molecule has 4 N–H and O–H groups in total. The molecule has 290 valence electrons. The van der Waals surface area contributed by atoms with E-state index in [0.29, 0.717) is 62.9 Å². The number of carbonyl (C=O) groups excluding carboxylic acids is 3. The normalized spacial score (nSPS) is 14.3. The fraction of sp³-hybridized carbons (Fsp3) is 0.318. The van der Waals surface area contributed by atoms with Gasteiger partial charge < -0.3 is 30.3 Å². The number of aliphatic hydroxyl groups excluding tert-OH is 1. The Morgan fingerprint density at radius 2 is 1.61 bits per heavy atom. The number of aliphatic hydroxyl groups is 1. The van der Waals surface area contributed by atoms with Crippen LogP contribution in [0.2, 0.25) is 0 Å². The summed E-state index contributed by atoms with van der Waals surface area (Å²) in [6, 6.07) is 30.7. The number of aromatic hydroxyl groups is 1. The second-order valence-electron chi connectivity index (χ2n) is 14.6. The van der Waals surface area contributed by atoms with Gasteiger partial charge in [0.1, 0.15) is 5.75 Å². The number of nitrogens with one attached hydrogen (secondary N) is 2. The van der Waals surface area contributed by atoms with Crippen LogP contribution in [0.25, 0.3) is 10.9 Å². The van der Waals surface area contributed by atoms with E-state index in [0.717, 1.165) is 27.8 Å². The number of carbonyl (C=O) groups is 3. The molecule has 2 heterocycles. The molecule has 6 rings (SSSR count). The maximum Gasteiger partial charge on any atom is 0.296 e. The Bertz CT molecular complexity index is 2230. The number of piperidine rings is 1. The number of nitroso groups, excluding NO2 is 1. The molecule has 0 spiro atoms. The molecule has 0 radical (unpaired) electrons. The third-order valence-corrected chi connectivity index (χ3v) is 10.7. The van der Waals surface area contributed by atoms with Gasteiger partial charge in [0.15, 0.2) is 0 Å². The second-order valence-corrected chi connectivity index (χ2v) is 14.6. The number of likely N-dealkylation sites (tertiary alicyclic amines) is 1. The Morgan fingerprint density at radius 3 is 2.30 bits per heavy atom. The second kappa shape index (κ2) is 18.1. The van der Waals surface area contributed by atoms with E-state index in [-0.39, 0.29) is 48.0 Å². The minimum atomic E-state index is -1.02. The lowest BCUT2D eigenvalue weighted by Gasteiger charge is -2.39. The van der Waals surface area contributed by atoms with Gasteiger partial charge in [0, 0.05) is 49.4 Å². The first-order valence-electron chi connectivity index (χ1n) is 18.9. The number of benzene rings is 4. The van der Waals surface area contributed by atoms with E-state index in [1.165, 1.54) is 12.1 Å². The van der Waals surface area contributed by atoms with Crippen molar-refractivity contribution >= 4 is 28.6 Å². The Labute approximate surface area is 325 Å². The lowest BCUT2D eigenvalue weighted by atomic mass is 9.72.